The van der Waals surface area contributed by atoms with Crippen LogP contribution in [-0.4, -0.2) is 23.9 Å². The summed E-state index contributed by atoms with van der Waals surface area (Å²) in [6, 6.07) is 9.77. The first-order valence-corrected chi connectivity index (χ1v) is 9.21. The Morgan fingerprint density at radius 2 is 1.65 bits per heavy atom. The zero-order valence-corrected chi connectivity index (χ0v) is 14.3. The van der Waals surface area contributed by atoms with Crippen molar-refractivity contribution in [1.29, 1.82) is 0 Å². The molecular formula is C20H30N2O. The summed E-state index contributed by atoms with van der Waals surface area (Å²) in [5.41, 5.74) is 7.93. The summed E-state index contributed by atoms with van der Waals surface area (Å²) in [4.78, 5) is 14.9. The maximum Gasteiger partial charge on any atom is 0.227 e. The van der Waals surface area contributed by atoms with Crippen LogP contribution in [0.5, 0.6) is 0 Å². The lowest BCUT2D eigenvalue weighted by Crippen LogP contribution is -2.47. The monoisotopic (exact) mass is 314 g/mol. The number of piperidine rings is 1. The fraction of sp³-hybridized carbons (Fsp3) is 0.650. The zero-order valence-electron chi connectivity index (χ0n) is 14.3. The number of hydrogen-bond acceptors (Lipinski definition) is 2. The van der Waals surface area contributed by atoms with Gasteiger partial charge in [0.1, 0.15) is 0 Å². The van der Waals surface area contributed by atoms with Crippen LogP contribution < -0.4 is 5.73 Å². The Labute approximate surface area is 140 Å². The fourth-order valence-electron chi connectivity index (χ4n) is 4.41. The van der Waals surface area contributed by atoms with E-state index in [9.17, 15) is 4.79 Å². The molecule has 2 atom stereocenters. The molecule has 3 heteroatoms. The van der Waals surface area contributed by atoms with Gasteiger partial charge in [-0.1, -0.05) is 56.5 Å². The molecule has 0 bridgehead atoms. The van der Waals surface area contributed by atoms with Crippen LogP contribution in [0.2, 0.25) is 0 Å². The summed E-state index contributed by atoms with van der Waals surface area (Å²) in [5, 5.41) is 0. The summed E-state index contributed by atoms with van der Waals surface area (Å²) < 4.78 is 0. The molecule has 1 saturated carbocycles. The van der Waals surface area contributed by atoms with Crippen LogP contribution in [0.3, 0.4) is 0 Å². The van der Waals surface area contributed by atoms with E-state index in [-0.39, 0.29) is 17.9 Å². The first kappa shape index (κ1) is 16.5. The minimum atomic E-state index is -0.214. The van der Waals surface area contributed by atoms with Crippen molar-refractivity contribution in [3.8, 4) is 0 Å². The van der Waals surface area contributed by atoms with Gasteiger partial charge in [-0.2, -0.15) is 0 Å². The molecule has 2 aliphatic rings. The number of nitrogens with zero attached hydrogens (tertiary/aromatic N) is 1. The first-order chi connectivity index (χ1) is 11.1. The largest absolute Gasteiger partial charge is 0.342 e. The van der Waals surface area contributed by atoms with Crippen molar-refractivity contribution in [2.24, 2.45) is 17.1 Å². The van der Waals surface area contributed by atoms with E-state index in [0.717, 1.165) is 18.7 Å². The summed E-state index contributed by atoms with van der Waals surface area (Å²) in [6.45, 7) is 3.82. The predicted octanol–water partition coefficient (Wildman–Crippen LogP) is 3.90. The number of amides is 1. The molecule has 3 rings (SSSR count). The number of nitrogens with two attached hydrogens (primary N) is 1. The van der Waals surface area contributed by atoms with Crippen LogP contribution in [0.4, 0.5) is 0 Å². The van der Waals surface area contributed by atoms with E-state index in [2.05, 4.69) is 4.90 Å². The highest BCUT2D eigenvalue weighted by Crippen LogP contribution is 2.44. The van der Waals surface area contributed by atoms with Crippen molar-refractivity contribution >= 4 is 5.91 Å². The summed E-state index contributed by atoms with van der Waals surface area (Å²) in [7, 11) is 0. The average molecular weight is 314 g/mol. The second-order valence-electron chi connectivity index (χ2n) is 7.61. The standard InChI is InChI=1S/C20H30N2O/c1-16(18(21)17-8-4-2-5-9-17)19(23)22-14-12-20(13-15-22)10-6-3-7-11-20/h2,4-5,8-9,16,18H,3,6-7,10-15,21H2,1H3. The van der Waals surface area contributed by atoms with Gasteiger partial charge in [0.05, 0.1) is 5.92 Å². The molecule has 0 aromatic heterocycles. The van der Waals surface area contributed by atoms with E-state index in [4.69, 9.17) is 5.73 Å². The molecule has 23 heavy (non-hydrogen) atoms. The van der Waals surface area contributed by atoms with Crippen LogP contribution >= 0.6 is 0 Å². The molecule has 2 unspecified atom stereocenters. The molecule has 1 aliphatic carbocycles. The van der Waals surface area contributed by atoms with Crippen molar-refractivity contribution in [2.45, 2.75) is 57.9 Å². The summed E-state index contributed by atoms with van der Waals surface area (Å²) in [6.07, 6.45) is 9.26. The van der Waals surface area contributed by atoms with Gasteiger partial charge in [-0.3, -0.25) is 4.79 Å². The third-order valence-electron chi connectivity index (χ3n) is 6.16. The molecule has 126 valence electrons. The van der Waals surface area contributed by atoms with Crippen molar-refractivity contribution in [2.75, 3.05) is 13.1 Å². The fourth-order valence-corrected chi connectivity index (χ4v) is 4.41. The third-order valence-corrected chi connectivity index (χ3v) is 6.16. The van der Waals surface area contributed by atoms with Gasteiger partial charge >= 0.3 is 0 Å². The van der Waals surface area contributed by atoms with Crippen LogP contribution in [0.1, 0.15) is 63.5 Å². The van der Waals surface area contributed by atoms with Gasteiger partial charge < -0.3 is 10.6 Å². The molecule has 1 amide bonds. The lowest BCUT2D eigenvalue weighted by molar-refractivity contribution is -0.138. The number of benzene rings is 1. The number of likely N-dealkylation sites (tertiary alicyclic amines) is 1. The average Bonchev–Trinajstić information content (AvgIpc) is 2.62. The second-order valence-corrected chi connectivity index (χ2v) is 7.61. The Hall–Kier alpha value is -1.35. The molecule has 1 saturated heterocycles. The highest BCUT2D eigenvalue weighted by Gasteiger charge is 2.38. The van der Waals surface area contributed by atoms with Crippen molar-refractivity contribution in [3.05, 3.63) is 35.9 Å². The van der Waals surface area contributed by atoms with Crippen molar-refractivity contribution in [1.82, 2.24) is 4.90 Å². The van der Waals surface area contributed by atoms with Crippen LogP contribution in [-0.2, 0) is 4.79 Å². The van der Waals surface area contributed by atoms with Crippen LogP contribution in [0.15, 0.2) is 30.3 Å². The van der Waals surface area contributed by atoms with Gasteiger partial charge in [0.2, 0.25) is 5.91 Å². The molecule has 0 radical (unpaired) electrons. The Bertz CT molecular complexity index is 512. The lowest BCUT2D eigenvalue weighted by Gasteiger charge is -2.45. The maximum absolute atomic E-state index is 12.8. The molecule has 2 fully saturated rings. The number of hydrogen-bond donors (Lipinski definition) is 1. The SMILES string of the molecule is CC(C(=O)N1CCC2(CCCCC2)CC1)C(N)c1ccccc1. The normalized spacial score (nSPS) is 23.5. The van der Waals surface area contributed by atoms with Gasteiger partial charge in [0.15, 0.2) is 0 Å². The van der Waals surface area contributed by atoms with E-state index < -0.39 is 0 Å². The van der Waals surface area contributed by atoms with Crippen LogP contribution in [0, 0.1) is 11.3 Å². The van der Waals surface area contributed by atoms with Gasteiger partial charge in [-0.25, -0.2) is 0 Å². The summed E-state index contributed by atoms with van der Waals surface area (Å²) >= 11 is 0. The Kier molecular flexibility index (Phi) is 5.05. The van der Waals surface area contributed by atoms with Gasteiger partial charge in [-0.05, 0) is 36.7 Å². The molecule has 1 aromatic rings. The van der Waals surface area contributed by atoms with Crippen LogP contribution in [0.25, 0.3) is 0 Å². The number of carbonyl (C=O) groups is 1. The lowest BCUT2D eigenvalue weighted by atomic mass is 9.68. The molecule has 1 aliphatic heterocycles. The van der Waals surface area contributed by atoms with Gasteiger partial charge in [0.25, 0.3) is 0 Å². The zero-order chi connectivity index (χ0) is 16.3. The Balaban J connectivity index is 1.58. The maximum atomic E-state index is 12.8. The van der Waals surface area contributed by atoms with Gasteiger partial charge in [-0.15, -0.1) is 0 Å². The Morgan fingerprint density at radius 3 is 2.26 bits per heavy atom. The number of rotatable bonds is 3. The van der Waals surface area contributed by atoms with E-state index in [1.807, 2.05) is 37.3 Å². The van der Waals surface area contributed by atoms with Crippen molar-refractivity contribution < 1.29 is 4.79 Å². The van der Waals surface area contributed by atoms with Gasteiger partial charge in [0, 0.05) is 19.1 Å². The molecule has 1 aromatic carbocycles. The Morgan fingerprint density at radius 1 is 1.04 bits per heavy atom. The molecule has 2 N–H and O–H groups in total. The quantitative estimate of drug-likeness (QED) is 0.920. The highest BCUT2D eigenvalue weighted by molar-refractivity contribution is 5.79. The summed E-state index contributed by atoms with van der Waals surface area (Å²) in [5.74, 6) is 0.0739. The van der Waals surface area contributed by atoms with E-state index >= 15 is 0 Å². The second kappa shape index (κ2) is 7.04. The molecule has 1 heterocycles. The smallest absolute Gasteiger partial charge is 0.227 e. The third kappa shape index (κ3) is 3.60. The van der Waals surface area contributed by atoms with E-state index in [0.29, 0.717) is 5.41 Å². The minimum absolute atomic E-state index is 0.155. The van der Waals surface area contributed by atoms with E-state index in [1.54, 1.807) is 0 Å². The molecule has 1 spiro atoms. The molecular weight excluding hydrogens is 284 g/mol. The number of carbonyl (C=O) groups excluding carboxylic acids is 1. The molecule has 3 nitrogen and oxygen atoms in total. The first-order valence-electron chi connectivity index (χ1n) is 9.21. The predicted molar refractivity (Wildman–Crippen MR) is 93.9 cm³/mol. The minimum Gasteiger partial charge on any atom is -0.342 e. The van der Waals surface area contributed by atoms with Crippen molar-refractivity contribution in [3.63, 3.8) is 0 Å². The topological polar surface area (TPSA) is 46.3 Å². The van der Waals surface area contributed by atoms with E-state index in [1.165, 1.54) is 44.9 Å². The highest BCUT2D eigenvalue weighted by atomic mass is 16.2.